The van der Waals surface area contributed by atoms with Crippen molar-refractivity contribution in [3.8, 4) is 5.75 Å². The van der Waals surface area contributed by atoms with Crippen LogP contribution < -0.4 is 15.6 Å². The first-order chi connectivity index (χ1) is 9.90. The minimum atomic E-state index is -3.10. The Morgan fingerprint density at radius 2 is 1.86 bits per heavy atom. The molecule has 1 aromatic rings. The molecule has 0 aliphatic carbocycles. The highest BCUT2D eigenvalue weighted by Gasteiger charge is 2.17. The lowest BCUT2D eigenvalue weighted by molar-refractivity contribution is -0.129. The van der Waals surface area contributed by atoms with Crippen LogP contribution >= 0.6 is 0 Å². The van der Waals surface area contributed by atoms with Crippen molar-refractivity contribution in [2.24, 2.45) is 0 Å². The summed E-state index contributed by atoms with van der Waals surface area (Å²) in [5.41, 5.74) is 3.72. The third-order valence-electron chi connectivity index (χ3n) is 2.04. The normalized spacial score (nSPS) is 9.90. The van der Waals surface area contributed by atoms with Crippen LogP contribution in [0, 0.1) is 0 Å². The molecular weight excluding hydrogens is 290 g/mol. The number of amides is 2. The predicted molar refractivity (Wildman–Crippen MR) is 65.3 cm³/mol. The summed E-state index contributed by atoms with van der Waals surface area (Å²) in [6, 6.07) is 5.20. The Bertz CT molecular complexity index is 536. The van der Waals surface area contributed by atoms with E-state index >= 15 is 0 Å². The van der Waals surface area contributed by atoms with Gasteiger partial charge in [0.15, 0.2) is 6.61 Å². The van der Waals surface area contributed by atoms with Gasteiger partial charge in [-0.2, -0.15) is 8.78 Å². The first-order valence-corrected chi connectivity index (χ1v) is 5.66. The lowest BCUT2D eigenvalue weighted by Crippen LogP contribution is -2.42. The van der Waals surface area contributed by atoms with E-state index in [1.54, 1.807) is 0 Å². The molecule has 2 N–H and O–H groups in total. The molecule has 1 rings (SSSR count). The third-order valence-corrected chi connectivity index (χ3v) is 2.04. The first kappa shape index (κ1) is 16.3. The summed E-state index contributed by atoms with van der Waals surface area (Å²) in [5, 5.41) is 0. The minimum absolute atomic E-state index is 0.245. The molecule has 2 amide bonds. The van der Waals surface area contributed by atoms with Crippen molar-refractivity contribution in [3.05, 3.63) is 29.8 Å². The molecule has 1 aromatic carbocycles. The average Bonchev–Trinajstić information content (AvgIpc) is 2.42. The molecule has 0 radical (unpaired) electrons. The molecule has 0 unspecified atom stereocenters. The van der Waals surface area contributed by atoms with E-state index in [4.69, 9.17) is 0 Å². The summed E-state index contributed by atoms with van der Waals surface area (Å²) in [6.07, 6.45) is 0. The molecule has 0 aliphatic rings. The summed E-state index contributed by atoms with van der Waals surface area (Å²) >= 11 is 0. The average molecular weight is 302 g/mol. The van der Waals surface area contributed by atoms with E-state index in [0.717, 1.165) is 0 Å². The lowest BCUT2D eigenvalue weighted by Gasteiger charge is -2.10. The Balaban J connectivity index is 2.59. The molecule has 7 nitrogen and oxygen atoms in total. The Labute approximate surface area is 118 Å². The van der Waals surface area contributed by atoms with Crippen LogP contribution in [0.5, 0.6) is 5.75 Å². The Morgan fingerprint density at radius 1 is 1.19 bits per heavy atom. The Kier molecular flexibility index (Phi) is 6.05. The largest absolute Gasteiger partial charge is 0.452 e. The third kappa shape index (κ3) is 5.85. The quantitative estimate of drug-likeness (QED) is 0.614. The fraction of sp³-hybridized carbons (Fsp3) is 0.250. The number of para-hydroxylation sites is 1. The van der Waals surface area contributed by atoms with Crippen molar-refractivity contribution in [1.82, 2.24) is 10.9 Å². The zero-order valence-corrected chi connectivity index (χ0v) is 10.9. The van der Waals surface area contributed by atoms with Crippen molar-refractivity contribution in [2.45, 2.75) is 13.5 Å². The highest BCUT2D eigenvalue weighted by atomic mass is 19.3. The van der Waals surface area contributed by atoms with E-state index < -0.39 is 31.0 Å². The number of hydrogen-bond acceptors (Lipinski definition) is 5. The highest BCUT2D eigenvalue weighted by molar-refractivity contribution is 5.94. The van der Waals surface area contributed by atoms with Crippen molar-refractivity contribution in [2.75, 3.05) is 6.61 Å². The molecule has 0 saturated heterocycles. The van der Waals surface area contributed by atoms with E-state index in [-0.39, 0.29) is 11.3 Å². The van der Waals surface area contributed by atoms with Gasteiger partial charge in [0.05, 0.1) is 0 Å². The van der Waals surface area contributed by atoms with Gasteiger partial charge in [-0.3, -0.25) is 20.4 Å². The summed E-state index contributed by atoms with van der Waals surface area (Å²) in [5.74, 6) is -2.67. The van der Waals surface area contributed by atoms with Crippen molar-refractivity contribution < 1.29 is 32.6 Å². The Hall–Kier alpha value is -2.71. The van der Waals surface area contributed by atoms with Gasteiger partial charge in [-0.05, 0) is 12.1 Å². The second-order valence-corrected chi connectivity index (χ2v) is 3.68. The van der Waals surface area contributed by atoms with Gasteiger partial charge in [0.2, 0.25) is 5.91 Å². The molecule has 0 fully saturated rings. The van der Waals surface area contributed by atoms with Gasteiger partial charge in [0, 0.05) is 6.92 Å². The van der Waals surface area contributed by atoms with E-state index in [2.05, 4.69) is 9.47 Å². The summed E-state index contributed by atoms with van der Waals surface area (Å²) in [6.45, 7) is -2.62. The summed E-state index contributed by atoms with van der Waals surface area (Å²) < 4.78 is 33.1. The van der Waals surface area contributed by atoms with E-state index in [9.17, 15) is 23.2 Å². The number of rotatable bonds is 5. The molecule has 0 heterocycles. The molecule has 0 atom stereocenters. The maximum atomic E-state index is 12.2. The second-order valence-electron chi connectivity index (χ2n) is 3.68. The number of carbonyl (C=O) groups excluding carboxylic acids is 3. The van der Waals surface area contributed by atoms with Crippen LogP contribution in [-0.2, 0) is 14.3 Å². The minimum Gasteiger partial charge on any atom is -0.452 e. The van der Waals surface area contributed by atoms with Crippen LogP contribution in [0.2, 0.25) is 0 Å². The number of esters is 1. The van der Waals surface area contributed by atoms with Crippen LogP contribution in [0.1, 0.15) is 17.3 Å². The molecule has 0 saturated carbocycles. The van der Waals surface area contributed by atoms with Crippen molar-refractivity contribution >= 4 is 17.8 Å². The van der Waals surface area contributed by atoms with E-state index in [1.165, 1.54) is 31.2 Å². The molecule has 0 aromatic heterocycles. The van der Waals surface area contributed by atoms with Gasteiger partial charge in [-0.15, -0.1) is 0 Å². The molecule has 0 spiro atoms. The van der Waals surface area contributed by atoms with Crippen LogP contribution in [0.4, 0.5) is 8.78 Å². The number of benzene rings is 1. The van der Waals surface area contributed by atoms with Gasteiger partial charge in [-0.25, -0.2) is 4.79 Å². The zero-order chi connectivity index (χ0) is 15.8. The van der Waals surface area contributed by atoms with E-state index in [1.807, 2.05) is 10.9 Å². The zero-order valence-electron chi connectivity index (χ0n) is 10.9. The number of alkyl halides is 2. The standard InChI is InChI=1S/C12H12F2N2O5/c1-7(17)15-16-10(18)6-20-11(19)8-4-2-3-5-9(8)21-12(13)14/h2-5,12H,6H2,1H3,(H,15,17)(H,16,18). The second kappa shape index (κ2) is 7.78. The summed E-state index contributed by atoms with van der Waals surface area (Å²) in [4.78, 5) is 33.4. The van der Waals surface area contributed by atoms with Gasteiger partial charge in [-0.1, -0.05) is 12.1 Å². The molecule has 0 bridgehead atoms. The fourth-order valence-electron chi connectivity index (χ4n) is 1.24. The van der Waals surface area contributed by atoms with Crippen molar-refractivity contribution in [1.29, 1.82) is 0 Å². The highest BCUT2D eigenvalue weighted by Crippen LogP contribution is 2.20. The lowest BCUT2D eigenvalue weighted by atomic mass is 10.2. The molecule has 0 aliphatic heterocycles. The van der Waals surface area contributed by atoms with E-state index in [0.29, 0.717) is 0 Å². The smallest absolute Gasteiger partial charge is 0.387 e. The predicted octanol–water partition coefficient (Wildman–Crippen LogP) is 0.612. The monoisotopic (exact) mass is 302 g/mol. The molecule has 9 heteroatoms. The number of carbonyl (C=O) groups is 3. The number of ether oxygens (including phenoxy) is 2. The maximum absolute atomic E-state index is 12.2. The number of halogens is 2. The fourth-order valence-corrected chi connectivity index (χ4v) is 1.24. The van der Waals surface area contributed by atoms with Gasteiger partial charge < -0.3 is 9.47 Å². The number of nitrogens with one attached hydrogen (secondary N) is 2. The van der Waals surface area contributed by atoms with Crippen LogP contribution in [-0.4, -0.2) is 31.0 Å². The van der Waals surface area contributed by atoms with Crippen LogP contribution in [0.3, 0.4) is 0 Å². The maximum Gasteiger partial charge on any atom is 0.387 e. The SMILES string of the molecule is CC(=O)NNC(=O)COC(=O)c1ccccc1OC(F)F. The van der Waals surface area contributed by atoms with Gasteiger partial charge in [0.25, 0.3) is 5.91 Å². The summed E-state index contributed by atoms with van der Waals surface area (Å²) in [7, 11) is 0. The number of hydrogen-bond donors (Lipinski definition) is 2. The topological polar surface area (TPSA) is 93.7 Å². The van der Waals surface area contributed by atoms with Crippen molar-refractivity contribution in [3.63, 3.8) is 0 Å². The van der Waals surface area contributed by atoms with Crippen LogP contribution in [0.25, 0.3) is 0 Å². The van der Waals surface area contributed by atoms with Crippen LogP contribution in [0.15, 0.2) is 24.3 Å². The van der Waals surface area contributed by atoms with Gasteiger partial charge in [0.1, 0.15) is 11.3 Å². The molecule has 21 heavy (non-hydrogen) atoms. The first-order valence-electron chi connectivity index (χ1n) is 5.66. The number of hydrazine groups is 1. The Morgan fingerprint density at radius 3 is 2.48 bits per heavy atom. The molecule has 114 valence electrons. The molecular formula is C12H12F2N2O5. The van der Waals surface area contributed by atoms with Gasteiger partial charge >= 0.3 is 12.6 Å².